The minimum absolute atomic E-state index is 0.0253. The summed E-state index contributed by atoms with van der Waals surface area (Å²) in [5.74, 6) is -0.0912. The smallest absolute Gasteiger partial charge is 0.331 e. The lowest BCUT2D eigenvalue weighted by molar-refractivity contribution is 0.0774. The van der Waals surface area contributed by atoms with Gasteiger partial charge in [0.1, 0.15) is 5.82 Å². The van der Waals surface area contributed by atoms with Crippen LogP contribution in [0.25, 0.3) is 11.3 Å². The maximum atomic E-state index is 14.3. The fraction of sp³-hybridized carbons (Fsp3) is 0.440. The number of pyridine rings is 1. The molecule has 33 heavy (non-hydrogen) atoms. The number of halogens is 1. The van der Waals surface area contributed by atoms with Crippen molar-refractivity contribution in [3.05, 3.63) is 70.2 Å². The van der Waals surface area contributed by atoms with Crippen molar-refractivity contribution in [3.63, 3.8) is 0 Å². The summed E-state index contributed by atoms with van der Waals surface area (Å²) in [4.78, 5) is 17.1. The zero-order valence-electron chi connectivity index (χ0n) is 19.1. The van der Waals surface area contributed by atoms with Crippen molar-refractivity contribution in [2.45, 2.75) is 52.4 Å². The van der Waals surface area contributed by atoms with Crippen molar-refractivity contribution >= 4 is 0 Å². The molecule has 1 aliphatic rings. The normalized spacial score (nSPS) is 14.8. The Balaban J connectivity index is 1.45. The Morgan fingerprint density at radius 2 is 1.91 bits per heavy atom. The highest BCUT2D eigenvalue weighted by Gasteiger charge is 2.15. The maximum absolute atomic E-state index is 14.3. The Morgan fingerprint density at radius 1 is 1.18 bits per heavy atom. The molecule has 0 radical (unpaired) electrons. The molecule has 7 nitrogen and oxygen atoms in total. The van der Waals surface area contributed by atoms with Crippen LogP contribution in [-0.2, 0) is 24.4 Å². The summed E-state index contributed by atoms with van der Waals surface area (Å²) in [6.07, 6.45) is 3.31. The fourth-order valence-corrected chi connectivity index (χ4v) is 4.06. The van der Waals surface area contributed by atoms with Crippen molar-refractivity contribution in [2.75, 3.05) is 13.2 Å². The third-order valence-electron chi connectivity index (χ3n) is 5.87. The first-order valence-electron chi connectivity index (χ1n) is 11.5. The molecule has 1 saturated heterocycles. The minimum atomic E-state index is -0.319. The van der Waals surface area contributed by atoms with Gasteiger partial charge in [-0.1, -0.05) is 38.1 Å². The quantitative estimate of drug-likeness (QED) is 0.544. The third-order valence-corrected chi connectivity index (χ3v) is 5.87. The van der Waals surface area contributed by atoms with E-state index in [0.717, 1.165) is 37.2 Å². The van der Waals surface area contributed by atoms with Crippen molar-refractivity contribution < 1.29 is 14.2 Å². The zero-order chi connectivity index (χ0) is 23.4. The van der Waals surface area contributed by atoms with Gasteiger partial charge in [0.25, 0.3) is 0 Å². The Kier molecular flexibility index (Phi) is 7.25. The minimum Gasteiger partial charge on any atom is -0.493 e. The molecular weight excluding hydrogens is 423 g/mol. The van der Waals surface area contributed by atoms with Crippen molar-refractivity contribution in [1.29, 1.82) is 0 Å². The van der Waals surface area contributed by atoms with E-state index in [-0.39, 0.29) is 23.3 Å². The summed E-state index contributed by atoms with van der Waals surface area (Å²) < 4.78 is 22.6. The summed E-state index contributed by atoms with van der Waals surface area (Å²) in [6.45, 7) is 6.66. The van der Waals surface area contributed by atoms with E-state index in [1.165, 1.54) is 21.4 Å². The maximum Gasteiger partial charge on any atom is 0.331 e. The number of aromatic nitrogens is 3. The van der Waals surface area contributed by atoms with E-state index < -0.39 is 0 Å². The first-order chi connectivity index (χ1) is 15.9. The highest BCUT2D eigenvalue weighted by Crippen LogP contribution is 2.21. The molecule has 0 saturated carbocycles. The third kappa shape index (κ3) is 5.69. The largest absolute Gasteiger partial charge is 0.493 e. The standard InChI is InChI=1S/C25H31FN4O3/c1-17(2)14-30-24(31)16-29(25(30)32)15-18-3-5-19(6-4-18)22-8-7-21(26)23(28-22)13-27-20-9-11-33-12-10-20/h3-8,16-17,20,27,31H,9-15H2,1-2H3. The molecule has 0 spiro atoms. The molecule has 2 aromatic heterocycles. The van der Waals surface area contributed by atoms with E-state index in [0.29, 0.717) is 37.1 Å². The van der Waals surface area contributed by atoms with Gasteiger partial charge in [-0.2, -0.15) is 0 Å². The Morgan fingerprint density at radius 3 is 2.61 bits per heavy atom. The van der Waals surface area contributed by atoms with E-state index in [2.05, 4.69) is 10.3 Å². The molecule has 0 aliphatic carbocycles. The Labute approximate surface area is 192 Å². The van der Waals surface area contributed by atoms with E-state index in [4.69, 9.17) is 4.74 Å². The van der Waals surface area contributed by atoms with Gasteiger partial charge < -0.3 is 15.2 Å². The number of imidazole rings is 1. The van der Waals surface area contributed by atoms with Crippen LogP contribution in [0.2, 0.25) is 0 Å². The van der Waals surface area contributed by atoms with Gasteiger partial charge in [0.15, 0.2) is 0 Å². The van der Waals surface area contributed by atoms with E-state index in [9.17, 15) is 14.3 Å². The first-order valence-corrected chi connectivity index (χ1v) is 11.5. The highest BCUT2D eigenvalue weighted by atomic mass is 19.1. The number of rotatable bonds is 8. The second kappa shape index (κ2) is 10.3. The SMILES string of the molecule is CC(C)Cn1c(O)cn(Cc2ccc(-c3ccc(F)c(CNC4CCOCC4)n3)cc2)c1=O. The van der Waals surface area contributed by atoms with Gasteiger partial charge in [0.2, 0.25) is 5.88 Å². The van der Waals surface area contributed by atoms with Crippen LogP contribution in [0.3, 0.4) is 0 Å². The molecule has 3 heterocycles. The molecule has 1 fully saturated rings. The number of nitrogens with one attached hydrogen (secondary N) is 1. The lowest BCUT2D eigenvalue weighted by Crippen LogP contribution is -2.34. The summed E-state index contributed by atoms with van der Waals surface area (Å²) in [5, 5.41) is 13.5. The van der Waals surface area contributed by atoms with Crippen molar-refractivity contribution in [3.8, 4) is 17.1 Å². The van der Waals surface area contributed by atoms with Gasteiger partial charge in [0, 0.05) is 37.9 Å². The van der Waals surface area contributed by atoms with Gasteiger partial charge >= 0.3 is 5.69 Å². The molecule has 0 atom stereocenters. The summed E-state index contributed by atoms with van der Waals surface area (Å²) in [5.41, 5.74) is 2.66. The van der Waals surface area contributed by atoms with Crippen LogP contribution in [0, 0.1) is 11.7 Å². The number of nitrogens with zero attached hydrogens (tertiary/aromatic N) is 3. The molecule has 0 amide bonds. The molecule has 0 bridgehead atoms. The van der Waals surface area contributed by atoms with Crippen LogP contribution < -0.4 is 11.0 Å². The Bertz CT molecular complexity index is 1130. The molecule has 3 aromatic rings. The number of ether oxygens (including phenoxy) is 1. The average molecular weight is 455 g/mol. The van der Waals surface area contributed by atoms with Crippen LogP contribution in [0.4, 0.5) is 4.39 Å². The lowest BCUT2D eigenvalue weighted by atomic mass is 10.1. The predicted molar refractivity (Wildman–Crippen MR) is 125 cm³/mol. The number of aromatic hydroxyl groups is 1. The monoisotopic (exact) mass is 454 g/mol. The van der Waals surface area contributed by atoms with E-state index in [1.807, 2.05) is 38.1 Å². The summed E-state index contributed by atoms with van der Waals surface area (Å²) >= 11 is 0. The molecule has 4 rings (SSSR count). The van der Waals surface area contributed by atoms with Crippen molar-refractivity contribution in [1.82, 2.24) is 19.4 Å². The topological polar surface area (TPSA) is 81.3 Å². The van der Waals surface area contributed by atoms with Crippen LogP contribution >= 0.6 is 0 Å². The predicted octanol–water partition coefficient (Wildman–Crippen LogP) is 3.53. The van der Waals surface area contributed by atoms with Crippen LogP contribution in [0.15, 0.2) is 47.4 Å². The lowest BCUT2D eigenvalue weighted by Gasteiger charge is -2.23. The first kappa shape index (κ1) is 23.2. The zero-order valence-corrected chi connectivity index (χ0v) is 19.1. The van der Waals surface area contributed by atoms with E-state index in [1.54, 1.807) is 6.07 Å². The molecule has 2 N–H and O–H groups in total. The van der Waals surface area contributed by atoms with Gasteiger partial charge in [-0.3, -0.25) is 9.13 Å². The molecule has 1 aliphatic heterocycles. The van der Waals surface area contributed by atoms with Gasteiger partial charge in [-0.25, -0.2) is 14.2 Å². The van der Waals surface area contributed by atoms with Gasteiger partial charge in [0.05, 0.1) is 24.1 Å². The van der Waals surface area contributed by atoms with Gasteiger partial charge in [-0.15, -0.1) is 0 Å². The van der Waals surface area contributed by atoms with Gasteiger partial charge in [-0.05, 0) is 36.5 Å². The second-order valence-electron chi connectivity index (χ2n) is 8.99. The summed E-state index contributed by atoms with van der Waals surface area (Å²) in [7, 11) is 0. The van der Waals surface area contributed by atoms with Crippen molar-refractivity contribution in [2.24, 2.45) is 5.92 Å². The number of hydrogen-bond donors (Lipinski definition) is 2. The molecule has 8 heteroatoms. The fourth-order valence-electron chi connectivity index (χ4n) is 4.06. The van der Waals surface area contributed by atoms with Crippen LogP contribution in [0.5, 0.6) is 5.88 Å². The second-order valence-corrected chi connectivity index (χ2v) is 8.99. The van der Waals surface area contributed by atoms with E-state index >= 15 is 0 Å². The molecule has 1 aromatic carbocycles. The highest BCUT2D eigenvalue weighted by molar-refractivity contribution is 5.59. The Hall–Kier alpha value is -2.97. The van der Waals surface area contributed by atoms with Crippen LogP contribution in [0.1, 0.15) is 37.9 Å². The molecular formula is C25H31FN4O3. The number of benzene rings is 1. The molecule has 176 valence electrons. The number of hydrogen-bond acceptors (Lipinski definition) is 5. The molecule has 0 unspecified atom stereocenters. The summed E-state index contributed by atoms with van der Waals surface area (Å²) in [6, 6.07) is 11.1. The van der Waals surface area contributed by atoms with Crippen LogP contribution in [-0.4, -0.2) is 38.5 Å². The average Bonchev–Trinajstić information content (AvgIpc) is 3.07.